The van der Waals surface area contributed by atoms with Crippen LogP contribution in [0.3, 0.4) is 0 Å². The molecule has 0 heterocycles. The maximum atomic E-state index is 13.3. The van der Waals surface area contributed by atoms with Gasteiger partial charge < -0.3 is 4.74 Å². The number of anilines is 1. The van der Waals surface area contributed by atoms with E-state index in [1.807, 2.05) is 37.3 Å². The highest BCUT2D eigenvalue weighted by molar-refractivity contribution is 6.08. The summed E-state index contributed by atoms with van der Waals surface area (Å²) in [7, 11) is 1.37. The first-order valence-electron chi connectivity index (χ1n) is 8.94. The van der Waals surface area contributed by atoms with Crippen molar-refractivity contribution >= 4 is 28.3 Å². The number of esters is 1. The van der Waals surface area contributed by atoms with Gasteiger partial charge in [0.15, 0.2) is 0 Å². The van der Waals surface area contributed by atoms with Gasteiger partial charge in [0.25, 0.3) is 0 Å². The van der Waals surface area contributed by atoms with Gasteiger partial charge in [0, 0.05) is 11.3 Å². The van der Waals surface area contributed by atoms with Crippen LogP contribution in [0.5, 0.6) is 0 Å². The van der Waals surface area contributed by atoms with Crippen molar-refractivity contribution in [3.63, 3.8) is 0 Å². The summed E-state index contributed by atoms with van der Waals surface area (Å²) in [5.41, 5.74) is 1.81. The number of hydrogen-bond acceptors (Lipinski definition) is 3. The Morgan fingerprint density at radius 3 is 2.48 bits per heavy atom. The molecule has 3 rings (SSSR count). The molecule has 1 aliphatic carbocycles. The normalized spacial score (nSPS) is 16.0. The van der Waals surface area contributed by atoms with E-state index in [0.717, 1.165) is 47.7 Å². The highest BCUT2D eigenvalue weighted by atomic mass is 16.5. The van der Waals surface area contributed by atoms with Gasteiger partial charge in [-0.15, -0.1) is 0 Å². The van der Waals surface area contributed by atoms with E-state index >= 15 is 0 Å². The summed E-state index contributed by atoms with van der Waals surface area (Å²) in [5, 5.41) is 2.05. The average Bonchev–Trinajstić information content (AvgIpc) is 3.17. The largest absolute Gasteiger partial charge is 0.467 e. The van der Waals surface area contributed by atoms with E-state index in [2.05, 4.69) is 6.07 Å². The summed E-state index contributed by atoms with van der Waals surface area (Å²) in [6, 6.07) is 11.4. The van der Waals surface area contributed by atoms with Crippen molar-refractivity contribution in [2.45, 2.75) is 45.6 Å². The van der Waals surface area contributed by atoms with Gasteiger partial charge in [-0.2, -0.15) is 0 Å². The molecule has 2 aromatic carbocycles. The van der Waals surface area contributed by atoms with Gasteiger partial charge >= 0.3 is 5.97 Å². The summed E-state index contributed by atoms with van der Waals surface area (Å²) < 4.78 is 4.95. The number of aryl methyl sites for hydroxylation is 1. The first-order chi connectivity index (χ1) is 12.0. The fraction of sp³-hybridized carbons (Fsp3) is 0.429. The zero-order valence-electron chi connectivity index (χ0n) is 15.1. The molecule has 0 spiro atoms. The van der Waals surface area contributed by atoms with Crippen LogP contribution >= 0.6 is 0 Å². The molecule has 0 aliphatic heterocycles. The molecule has 1 atom stereocenters. The van der Waals surface area contributed by atoms with Gasteiger partial charge in [-0.1, -0.05) is 49.2 Å². The van der Waals surface area contributed by atoms with E-state index in [0.29, 0.717) is 0 Å². The Kier molecular flexibility index (Phi) is 5.07. The second-order valence-corrected chi connectivity index (χ2v) is 6.84. The van der Waals surface area contributed by atoms with Gasteiger partial charge in [0.1, 0.15) is 6.04 Å². The third-order valence-corrected chi connectivity index (χ3v) is 5.21. The summed E-state index contributed by atoms with van der Waals surface area (Å²) >= 11 is 0. The molecule has 1 aliphatic rings. The Labute approximate surface area is 148 Å². The summed E-state index contributed by atoms with van der Waals surface area (Å²) in [4.78, 5) is 27.3. The SMILES string of the molecule is COC(=O)[C@H](C)N(C(=O)C1CCCC1)c1c(C)ccc2ccccc12. The molecule has 0 unspecified atom stereocenters. The van der Waals surface area contributed by atoms with E-state index < -0.39 is 12.0 Å². The molecule has 1 amide bonds. The van der Waals surface area contributed by atoms with Crippen LogP contribution in [0.4, 0.5) is 5.69 Å². The van der Waals surface area contributed by atoms with Crippen molar-refractivity contribution in [2.75, 3.05) is 12.0 Å². The van der Waals surface area contributed by atoms with Crippen LogP contribution in [0.2, 0.25) is 0 Å². The van der Waals surface area contributed by atoms with Crippen molar-refractivity contribution < 1.29 is 14.3 Å². The lowest BCUT2D eigenvalue weighted by atomic mass is 9.99. The molecule has 4 nitrogen and oxygen atoms in total. The fourth-order valence-electron chi connectivity index (χ4n) is 3.82. The minimum atomic E-state index is -0.650. The van der Waals surface area contributed by atoms with Crippen LogP contribution in [0, 0.1) is 12.8 Å². The number of rotatable bonds is 4. The number of benzene rings is 2. The Bertz CT molecular complexity index is 793. The smallest absolute Gasteiger partial charge is 0.328 e. The Morgan fingerprint density at radius 2 is 1.80 bits per heavy atom. The van der Waals surface area contributed by atoms with Crippen LogP contribution in [0.15, 0.2) is 36.4 Å². The lowest BCUT2D eigenvalue weighted by Gasteiger charge is -2.32. The monoisotopic (exact) mass is 339 g/mol. The number of methoxy groups -OCH3 is 1. The van der Waals surface area contributed by atoms with Crippen molar-refractivity contribution in [1.82, 2.24) is 0 Å². The topological polar surface area (TPSA) is 46.6 Å². The molecule has 0 aromatic heterocycles. The molecule has 0 bridgehead atoms. The number of amides is 1. The Balaban J connectivity index is 2.16. The lowest BCUT2D eigenvalue weighted by Crippen LogP contribution is -2.46. The predicted octanol–water partition coefficient (Wildman–Crippen LogP) is 4.23. The first kappa shape index (κ1) is 17.5. The molecule has 1 saturated carbocycles. The third-order valence-electron chi connectivity index (χ3n) is 5.21. The van der Waals surface area contributed by atoms with Crippen LogP contribution in [-0.4, -0.2) is 25.0 Å². The van der Waals surface area contributed by atoms with Crippen LogP contribution < -0.4 is 4.90 Å². The highest BCUT2D eigenvalue weighted by Crippen LogP contribution is 2.35. The standard InChI is InChI=1S/C21H25NO3/c1-14-12-13-16-8-6-7-11-18(16)19(14)22(15(2)21(24)25-3)20(23)17-9-4-5-10-17/h6-8,11-13,15,17H,4-5,9-10H2,1-3H3/t15-/m0/s1. The van der Waals surface area contributed by atoms with E-state index in [1.165, 1.54) is 7.11 Å². The first-order valence-corrected chi connectivity index (χ1v) is 8.94. The molecule has 0 radical (unpaired) electrons. The molecule has 132 valence electrons. The van der Waals surface area contributed by atoms with Crippen LogP contribution in [0.25, 0.3) is 10.8 Å². The maximum Gasteiger partial charge on any atom is 0.328 e. The maximum absolute atomic E-state index is 13.3. The minimum Gasteiger partial charge on any atom is -0.467 e. The highest BCUT2D eigenvalue weighted by Gasteiger charge is 2.35. The lowest BCUT2D eigenvalue weighted by molar-refractivity contribution is -0.143. The zero-order valence-corrected chi connectivity index (χ0v) is 15.1. The second kappa shape index (κ2) is 7.26. The molecule has 0 N–H and O–H groups in total. The summed E-state index contributed by atoms with van der Waals surface area (Å²) in [5.74, 6) is -0.362. The third kappa shape index (κ3) is 3.26. The molecule has 4 heteroatoms. The Morgan fingerprint density at radius 1 is 1.12 bits per heavy atom. The average molecular weight is 339 g/mol. The summed E-state index contributed by atoms with van der Waals surface area (Å²) in [6.45, 7) is 3.74. The molecular formula is C21H25NO3. The predicted molar refractivity (Wildman–Crippen MR) is 99.6 cm³/mol. The number of fused-ring (bicyclic) bond motifs is 1. The Hall–Kier alpha value is -2.36. The molecular weight excluding hydrogens is 314 g/mol. The van der Waals surface area contributed by atoms with Crippen molar-refractivity contribution in [1.29, 1.82) is 0 Å². The molecule has 0 saturated heterocycles. The number of hydrogen-bond donors (Lipinski definition) is 0. The number of nitrogens with zero attached hydrogens (tertiary/aromatic N) is 1. The van der Waals surface area contributed by atoms with Crippen molar-refractivity contribution in [2.24, 2.45) is 5.92 Å². The van der Waals surface area contributed by atoms with Crippen LogP contribution in [-0.2, 0) is 14.3 Å². The van der Waals surface area contributed by atoms with E-state index in [-0.39, 0.29) is 11.8 Å². The molecule has 2 aromatic rings. The van der Waals surface area contributed by atoms with Crippen LogP contribution in [0.1, 0.15) is 38.2 Å². The molecule has 25 heavy (non-hydrogen) atoms. The van der Waals surface area contributed by atoms with Gasteiger partial charge in [-0.05, 0) is 37.6 Å². The van der Waals surface area contributed by atoms with Crippen molar-refractivity contribution in [3.8, 4) is 0 Å². The van der Waals surface area contributed by atoms with Gasteiger partial charge in [-0.25, -0.2) is 4.79 Å². The fourth-order valence-corrected chi connectivity index (χ4v) is 3.82. The number of carbonyl (C=O) groups excluding carboxylic acids is 2. The molecule has 1 fully saturated rings. The minimum absolute atomic E-state index is 0.00882. The van der Waals surface area contributed by atoms with E-state index in [4.69, 9.17) is 4.74 Å². The van der Waals surface area contributed by atoms with E-state index in [9.17, 15) is 9.59 Å². The zero-order chi connectivity index (χ0) is 18.0. The van der Waals surface area contributed by atoms with Gasteiger partial charge in [0.05, 0.1) is 12.8 Å². The number of ether oxygens (including phenoxy) is 1. The second-order valence-electron chi connectivity index (χ2n) is 6.84. The van der Waals surface area contributed by atoms with Crippen molar-refractivity contribution in [3.05, 3.63) is 42.0 Å². The van der Waals surface area contributed by atoms with Gasteiger partial charge in [-0.3, -0.25) is 9.69 Å². The summed E-state index contributed by atoms with van der Waals surface area (Å²) in [6.07, 6.45) is 3.94. The quantitative estimate of drug-likeness (QED) is 0.783. The van der Waals surface area contributed by atoms with E-state index in [1.54, 1.807) is 11.8 Å². The number of carbonyl (C=O) groups is 2. The van der Waals surface area contributed by atoms with Gasteiger partial charge in [0.2, 0.25) is 5.91 Å².